The molecule has 8 heteroatoms. The summed E-state index contributed by atoms with van der Waals surface area (Å²) in [5.41, 5.74) is 0.932. The van der Waals surface area contributed by atoms with E-state index < -0.39 is 29.9 Å². The van der Waals surface area contributed by atoms with E-state index >= 15 is 0 Å². The number of benzene rings is 3. The van der Waals surface area contributed by atoms with Crippen LogP contribution in [0.1, 0.15) is 50.1 Å². The van der Waals surface area contributed by atoms with Gasteiger partial charge >= 0.3 is 6.09 Å². The fourth-order valence-corrected chi connectivity index (χ4v) is 5.43. The zero-order chi connectivity index (χ0) is 26.5. The molecule has 0 bridgehead atoms. The SMILES string of the molecule is O=C1O[C@@H](CCCCCN2CCCC2)[C@H](c2cc(F)cc(F)c2)N1c1ccc(Oc2ccc(Cl)cc2)cc1. The Morgan fingerprint density at radius 3 is 2.16 bits per heavy atom. The standard InChI is InChI=1S/C30H31ClF2N2O3/c31-22-7-11-26(12-8-22)37-27-13-9-25(10-14-27)35-29(21-18-23(32)20-24(33)19-21)28(38-30(35)36)6-2-1-3-15-34-16-4-5-17-34/h7-14,18-20,28-29H,1-6,15-17H2/t28-,29-/m0/s1. The molecule has 200 valence electrons. The number of rotatable bonds is 10. The summed E-state index contributed by atoms with van der Waals surface area (Å²) in [7, 11) is 0. The molecule has 5 nitrogen and oxygen atoms in total. The van der Waals surface area contributed by atoms with E-state index in [1.807, 2.05) is 0 Å². The van der Waals surface area contributed by atoms with Crippen molar-refractivity contribution in [2.75, 3.05) is 24.5 Å². The predicted octanol–water partition coefficient (Wildman–Crippen LogP) is 8.13. The molecule has 0 unspecified atom stereocenters. The molecule has 38 heavy (non-hydrogen) atoms. The summed E-state index contributed by atoms with van der Waals surface area (Å²) in [6.07, 6.45) is 5.06. The van der Waals surface area contributed by atoms with E-state index in [9.17, 15) is 13.6 Å². The van der Waals surface area contributed by atoms with Gasteiger partial charge in [-0.25, -0.2) is 13.6 Å². The van der Waals surface area contributed by atoms with Gasteiger partial charge in [-0.1, -0.05) is 18.0 Å². The Kier molecular flexibility index (Phi) is 8.45. The first-order chi connectivity index (χ1) is 18.5. The number of halogens is 3. The van der Waals surface area contributed by atoms with Gasteiger partial charge in [0.2, 0.25) is 0 Å². The molecule has 3 aromatic carbocycles. The summed E-state index contributed by atoms with van der Waals surface area (Å²) < 4.78 is 40.1. The monoisotopic (exact) mass is 540 g/mol. The molecule has 0 spiro atoms. The van der Waals surface area contributed by atoms with Gasteiger partial charge in [-0.05, 0) is 118 Å². The Hall–Kier alpha value is -3.16. The van der Waals surface area contributed by atoms with Gasteiger partial charge in [0, 0.05) is 16.8 Å². The van der Waals surface area contributed by atoms with Gasteiger partial charge in [-0.15, -0.1) is 0 Å². The van der Waals surface area contributed by atoms with Crippen LogP contribution in [0, 0.1) is 11.6 Å². The van der Waals surface area contributed by atoms with E-state index in [2.05, 4.69) is 4.90 Å². The second-order valence-corrected chi connectivity index (χ2v) is 10.3. The lowest BCUT2D eigenvalue weighted by molar-refractivity contribution is 0.124. The van der Waals surface area contributed by atoms with Crippen molar-refractivity contribution < 1.29 is 23.0 Å². The van der Waals surface area contributed by atoms with E-state index in [0.717, 1.165) is 31.9 Å². The average molecular weight is 541 g/mol. The lowest BCUT2D eigenvalue weighted by atomic mass is 9.96. The minimum Gasteiger partial charge on any atom is -0.457 e. The van der Waals surface area contributed by atoms with Crippen molar-refractivity contribution in [3.05, 3.63) is 89.0 Å². The Morgan fingerprint density at radius 2 is 1.50 bits per heavy atom. The number of ether oxygens (including phenoxy) is 2. The van der Waals surface area contributed by atoms with E-state index in [4.69, 9.17) is 21.1 Å². The zero-order valence-electron chi connectivity index (χ0n) is 21.1. The zero-order valence-corrected chi connectivity index (χ0v) is 21.9. The van der Waals surface area contributed by atoms with Crippen LogP contribution in [0.4, 0.5) is 19.3 Å². The number of nitrogens with zero attached hydrogens (tertiary/aromatic N) is 2. The Bertz CT molecular complexity index is 1210. The first kappa shape index (κ1) is 26.4. The third-order valence-corrected chi connectivity index (χ3v) is 7.38. The molecule has 5 rings (SSSR count). The van der Waals surface area contributed by atoms with Crippen LogP contribution in [0.3, 0.4) is 0 Å². The summed E-state index contributed by atoms with van der Waals surface area (Å²) >= 11 is 5.94. The Morgan fingerprint density at radius 1 is 0.868 bits per heavy atom. The van der Waals surface area contributed by atoms with Gasteiger partial charge < -0.3 is 14.4 Å². The van der Waals surface area contributed by atoms with E-state index in [1.54, 1.807) is 48.5 Å². The second kappa shape index (κ2) is 12.1. The van der Waals surface area contributed by atoms with Crippen molar-refractivity contribution in [1.82, 2.24) is 4.90 Å². The smallest absolute Gasteiger partial charge is 0.415 e. The first-order valence-corrected chi connectivity index (χ1v) is 13.6. The van der Waals surface area contributed by atoms with Gasteiger partial charge in [0.15, 0.2) is 0 Å². The molecule has 0 saturated carbocycles. The number of amides is 1. The molecular formula is C30H31ClF2N2O3. The van der Waals surface area contributed by atoms with Crippen molar-refractivity contribution in [2.45, 2.75) is 50.7 Å². The lowest BCUT2D eigenvalue weighted by Crippen LogP contribution is -2.29. The normalized spacial score (nSPS) is 19.7. The number of hydrogen-bond acceptors (Lipinski definition) is 4. The molecular weight excluding hydrogens is 510 g/mol. The molecule has 0 aliphatic carbocycles. The predicted molar refractivity (Wildman–Crippen MR) is 144 cm³/mol. The number of cyclic esters (lactones) is 1. The topological polar surface area (TPSA) is 42.0 Å². The molecule has 2 fully saturated rings. The van der Waals surface area contributed by atoms with Crippen molar-refractivity contribution in [2.24, 2.45) is 0 Å². The average Bonchev–Trinajstić information content (AvgIpc) is 3.53. The number of carbonyl (C=O) groups is 1. The van der Waals surface area contributed by atoms with Crippen LogP contribution >= 0.6 is 11.6 Å². The molecule has 2 saturated heterocycles. The molecule has 2 aliphatic rings. The van der Waals surface area contributed by atoms with Crippen LogP contribution in [0.15, 0.2) is 66.7 Å². The minimum absolute atomic E-state index is 0.372. The molecule has 3 aromatic rings. The van der Waals surface area contributed by atoms with Crippen LogP contribution in [0.5, 0.6) is 11.5 Å². The van der Waals surface area contributed by atoms with Crippen molar-refractivity contribution in [1.29, 1.82) is 0 Å². The number of carbonyl (C=O) groups excluding carboxylic acids is 1. The second-order valence-electron chi connectivity index (χ2n) is 9.89. The van der Waals surface area contributed by atoms with Gasteiger partial charge in [0.05, 0.1) is 0 Å². The van der Waals surface area contributed by atoms with Gasteiger partial charge in [-0.3, -0.25) is 4.90 Å². The highest BCUT2D eigenvalue weighted by molar-refractivity contribution is 6.30. The van der Waals surface area contributed by atoms with Crippen LogP contribution < -0.4 is 9.64 Å². The number of unbranched alkanes of at least 4 members (excludes halogenated alkanes) is 2. The number of hydrogen-bond donors (Lipinski definition) is 0. The molecule has 0 aromatic heterocycles. The summed E-state index contributed by atoms with van der Waals surface area (Å²) in [5.74, 6) is -0.169. The third kappa shape index (κ3) is 6.45. The van der Waals surface area contributed by atoms with Crippen molar-refractivity contribution in [3.8, 4) is 11.5 Å². The summed E-state index contributed by atoms with van der Waals surface area (Å²) in [6, 6.07) is 16.7. The highest BCUT2D eigenvalue weighted by atomic mass is 35.5. The maximum atomic E-state index is 14.2. The molecule has 2 aliphatic heterocycles. The summed E-state index contributed by atoms with van der Waals surface area (Å²) in [6.45, 7) is 3.43. The highest BCUT2D eigenvalue weighted by Gasteiger charge is 2.43. The Balaban J connectivity index is 1.31. The number of likely N-dealkylation sites (tertiary alicyclic amines) is 1. The van der Waals surface area contributed by atoms with E-state index in [0.29, 0.717) is 34.2 Å². The lowest BCUT2D eigenvalue weighted by Gasteiger charge is -2.25. The molecule has 2 heterocycles. The molecule has 2 atom stereocenters. The number of anilines is 1. The van der Waals surface area contributed by atoms with E-state index in [1.165, 1.54) is 43.0 Å². The fourth-order valence-electron chi connectivity index (χ4n) is 5.30. The minimum atomic E-state index is -0.685. The molecule has 1 amide bonds. The van der Waals surface area contributed by atoms with Gasteiger partial charge in [-0.2, -0.15) is 0 Å². The van der Waals surface area contributed by atoms with Crippen LogP contribution in [0.2, 0.25) is 5.02 Å². The quantitative estimate of drug-likeness (QED) is 0.243. The van der Waals surface area contributed by atoms with Gasteiger partial charge in [0.1, 0.15) is 35.3 Å². The fraction of sp³-hybridized carbons (Fsp3) is 0.367. The van der Waals surface area contributed by atoms with E-state index in [-0.39, 0.29) is 0 Å². The van der Waals surface area contributed by atoms with Crippen molar-refractivity contribution >= 4 is 23.4 Å². The van der Waals surface area contributed by atoms with Crippen molar-refractivity contribution in [3.63, 3.8) is 0 Å². The van der Waals surface area contributed by atoms with Gasteiger partial charge in [0.25, 0.3) is 0 Å². The molecule has 0 N–H and O–H groups in total. The maximum Gasteiger partial charge on any atom is 0.415 e. The van der Waals surface area contributed by atoms with Crippen LogP contribution in [-0.4, -0.2) is 36.7 Å². The third-order valence-electron chi connectivity index (χ3n) is 7.13. The molecule has 0 radical (unpaired) electrons. The first-order valence-electron chi connectivity index (χ1n) is 13.2. The summed E-state index contributed by atoms with van der Waals surface area (Å²) in [4.78, 5) is 17.0. The Labute approximate surface area is 226 Å². The largest absolute Gasteiger partial charge is 0.457 e. The van der Waals surface area contributed by atoms with Crippen LogP contribution in [0.25, 0.3) is 0 Å². The maximum absolute atomic E-state index is 14.2. The highest BCUT2D eigenvalue weighted by Crippen LogP contribution is 2.40. The van der Waals surface area contributed by atoms with Crippen LogP contribution in [-0.2, 0) is 4.74 Å². The summed E-state index contributed by atoms with van der Waals surface area (Å²) in [5, 5.41) is 0.612.